The van der Waals surface area contributed by atoms with Crippen LogP contribution < -0.4 is 10.9 Å². The van der Waals surface area contributed by atoms with Gasteiger partial charge in [0.2, 0.25) is 5.91 Å². The van der Waals surface area contributed by atoms with E-state index >= 15 is 4.39 Å². The molecule has 3 rings (SSSR count). The number of amides is 1. The fourth-order valence-corrected chi connectivity index (χ4v) is 5.89. The minimum absolute atomic E-state index is 0.0294. The highest BCUT2D eigenvalue weighted by atomic mass is 19.4. The second-order valence-electron chi connectivity index (χ2n) is 12.8. The van der Waals surface area contributed by atoms with E-state index in [1.165, 1.54) is 25.1 Å². The van der Waals surface area contributed by atoms with Gasteiger partial charge in [-0.15, -0.1) is 0 Å². The highest BCUT2D eigenvalue weighted by Crippen LogP contribution is 2.35. The molecule has 0 bridgehead atoms. The van der Waals surface area contributed by atoms with Crippen molar-refractivity contribution < 1.29 is 36.3 Å². The van der Waals surface area contributed by atoms with Crippen LogP contribution in [0.5, 0.6) is 0 Å². The van der Waals surface area contributed by atoms with E-state index in [9.17, 15) is 31.9 Å². The van der Waals surface area contributed by atoms with Crippen LogP contribution in [0.1, 0.15) is 79.1 Å². The van der Waals surface area contributed by atoms with E-state index in [-0.39, 0.29) is 48.6 Å². The number of benzene rings is 2. The molecule has 2 atom stereocenters. The monoisotopic (exact) mass is 677 g/mol. The summed E-state index contributed by atoms with van der Waals surface area (Å²) < 4.78 is 78.0. The Kier molecular flexibility index (Phi) is 12.7. The summed E-state index contributed by atoms with van der Waals surface area (Å²) in [4.78, 5) is 41.8. The number of hydrogen-bond acceptors (Lipinski definition) is 5. The first-order valence-corrected chi connectivity index (χ1v) is 15.8. The molecule has 0 fully saturated rings. The standard InChI is InChI=1S/C36H44F5N3O4/c1-9-48-32(46)18-29(27-16-25(13-23(6)34(27)38)33-21(4)14-26(37)15-22(33)5)42-35(47)30(12-20(2)3)44-19-24(10-11-43(7)8)28(17-31(44)45)36(39,40)41/h13-17,19-20,29-30H,9-12,18H2,1-8H3,(H,42,47). The highest BCUT2D eigenvalue weighted by Gasteiger charge is 2.36. The Balaban J connectivity index is 2.18. The average molecular weight is 678 g/mol. The molecule has 2 aromatic carbocycles. The largest absolute Gasteiger partial charge is 0.466 e. The lowest BCUT2D eigenvalue weighted by molar-refractivity contribution is -0.144. The van der Waals surface area contributed by atoms with Gasteiger partial charge in [-0.2, -0.15) is 13.2 Å². The predicted octanol–water partition coefficient (Wildman–Crippen LogP) is 7.24. The summed E-state index contributed by atoms with van der Waals surface area (Å²) in [5, 5.41) is 2.72. The van der Waals surface area contributed by atoms with Crippen molar-refractivity contribution in [1.82, 2.24) is 14.8 Å². The van der Waals surface area contributed by atoms with E-state index in [0.717, 1.165) is 10.8 Å². The number of likely N-dealkylation sites (N-methyl/N-ethyl adjacent to an activating group) is 1. The molecule has 0 radical (unpaired) electrons. The Morgan fingerprint density at radius 2 is 1.60 bits per heavy atom. The van der Waals surface area contributed by atoms with Crippen LogP contribution in [-0.4, -0.2) is 48.6 Å². The van der Waals surface area contributed by atoms with Gasteiger partial charge in [0.05, 0.1) is 24.6 Å². The first kappa shape index (κ1) is 38.4. The van der Waals surface area contributed by atoms with Crippen molar-refractivity contribution in [1.29, 1.82) is 0 Å². The molecule has 1 aromatic heterocycles. The third-order valence-corrected chi connectivity index (χ3v) is 8.07. The average Bonchev–Trinajstić information content (AvgIpc) is 2.95. The number of carbonyl (C=O) groups is 2. The third-order valence-electron chi connectivity index (χ3n) is 8.07. The number of aryl methyl sites for hydroxylation is 3. The lowest BCUT2D eigenvalue weighted by Gasteiger charge is -2.27. The summed E-state index contributed by atoms with van der Waals surface area (Å²) in [6, 6.07) is 3.73. The van der Waals surface area contributed by atoms with Crippen LogP contribution in [0.3, 0.4) is 0 Å². The fourth-order valence-electron chi connectivity index (χ4n) is 5.89. The Morgan fingerprint density at radius 3 is 2.15 bits per heavy atom. The van der Waals surface area contributed by atoms with Gasteiger partial charge in [-0.25, -0.2) is 8.78 Å². The molecule has 48 heavy (non-hydrogen) atoms. The van der Waals surface area contributed by atoms with Crippen molar-refractivity contribution in [2.75, 3.05) is 27.2 Å². The number of rotatable bonds is 13. The zero-order valence-electron chi connectivity index (χ0n) is 28.6. The predicted molar refractivity (Wildman–Crippen MR) is 175 cm³/mol. The molecule has 3 aromatic rings. The Morgan fingerprint density at radius 1 is 0.979 bits per heavy atom. The number of nitrogens with one attached hydrogen (secondary N) is 1. The number of nitrogens with zero attached hydrogens (tertiary/aromatic N) is 2. The number of aromatic nitrogens is 1. The van der Waals surface area contributed by atoms with Gasteiger partial charge in [0.1, 0.15) is 17.7 Å². The lowest BCUT2D eigenvalue weighted by atomic mass is 9.90. The number of alkyl halides is 3. The molecule has 262 valence electrons. The number of hydrogen-bond donors (Lipinski definition) is 1. The molecule has 7 nitrogen and oxygen atoms in total. The van der Waals surface area contributed by atoms with Crippen molar-refractivity contribution in [2.45, 2.75) is 79.1 Å². The summed E-state index contributed by atoms with van der Waals surface area (Å²) in [6.45, 7) is 10.4. The summed E-state index contributed by atoms with van der Waals surface area (Å²) in [5.74, 6) is -2.81. The van der Waals surface area contributed by atoms with Crippen molar-refractivity contribution in [3.05, 3.63) is 91.9 Å². The molecule has 1 N–H and O–H groups in total. The number of halogens is 5. The molecule has 0 spiro atoms. The molecular formula is C36H44F5N3O4. The van der Waals surface area contributed by atoms with Gasteiger partial charge < -0.3 is 19.5 Å². The minimum atomic E-state index is -4.79. The van der Waals surface area contributed by atoms with Crippen LogP contribution in [0.15, 0.2) is 41.3 Å². The van der Waals surface area contributed by atoms with Gasteiger partial charge in [0.25, 0.3) is 5.56 Å². The minimum Gasteiger partial charge on any atom is -0.466 e. The molecule has 2 unspecified atom stereocenters. The van der Waals surface area contributed by atoms with Crippen LogP contribution in [0, 0.1) is 38.3 Å². The van der Waals surface area contributed by atoms with Crippen LogP contribution in [0.2, 0.25) is 0 Å². The molecule has 0 aliphatic rings. The van der Waals surface area contributed by atoms with Crippen LogP contribution >= 0.6 is 0 Å². The van der Waals surface area contributed by atoms with E-state index < -0.39 is 59.3 Å². The SMILES string of the molecule is CCOC(=O)CC(NC(=O)C(CC(C)C)n1cc(CCN(C)C)c(C(F)(F)F)cc1=O)c1cc(-c2c(C)cc(F)cc2C)cc(C)c1F. The molecule has 12 heteroatoms. The molecule has 0 saturated heterocycles. The zero-order valence-corrected chi connectivity index (χ0v) is 28.6. The fraction of sp³-hybridized carbons (Fsp3) is 0.472. The molecule has 1 amide bonds. The first-order chi connectivity index (χ1) is 22.3. The Bertz CT molecular complexity index is 1680. The number of esters is 1. The van der Waals surface area contributed by atoms with Crippen molar-refractivity contribution in [2.24, 2.45) is 5.92 Å². The van der Waals surface area contributed by atoms with Crippen LogP contribution in [0.4, 0.5) is 22.0 Å². The van der Waals surface area contributed by atoms with Gasteiger partial charge in [-0.3, -0.25) is 14.4 Å². The maximum Gasteiger partial charge on any atom is 0.416 e. The van der Waals surface area contributed by atoms with Crippen molar-refractivity contribution in [3.8, 4) is 11.1 Å². The van der Waals surface area contributed by atoms with Gasteiger partial charge in [0.15, 0.2) is 0 Å². The zero-order chi connectivity index (χ0) is 36.1. The van der Waals surface area contributed by atoms with Crippen molar-refractivity contribution >= 4 is 11.9 Å². The molecule has 0 saturated carbocycles. The van der Waals surface area contributed by atoms with E-state index in [1.54, 1.807) is 59.7 Å². The number of pyridine rings is 1. The summed E-state index contributed by atoms with van der Waals surface area (Å²) >= 11 is 0. The van der Waals surface area contributed by atoms with Gasteiger partial charge in [0, 0.05) is 24.4 Å². The molecular weight excluding hydrogens is 633 g/mol. The van der Waals surface area contributed by atoms with Crippen LogP contribution in [-0.2, 0) is 26.9 Å². The second-order valence-corrected chi connectivity index (χ2v) is 12.8. The summed E-state index contributed by atoms with van der Waals surface area (Å²) in [6.07, 6.45) is -4.16. The number of carbonyl (C=O) groups excluding carboxylic acids is 2. The second kappa shape index (κ2) is 15.9. The summed E-state index contributed by atoms with van der Waals surface area (Å²) in [5.41, 5.74) is 0.297. The van der Waals surface area contributed by atoms with Crippen LogP contribution in [0.25, 0.3) is 11.1 Å². The number of ether oxygens (including phenoxy) is 1. The highest BCUT2D eigenvalue weighted by molar-refractivity contribution is 5.82. The van der Waals surface area contributed by atoms with Crippen molar-refractivity contribution in [3.63, 3.8) is 0 Å². The maximum atomic E-state index is 15.9. The smallest absolute Gasteiger partial charge is 0.416 e. The Labute approximate surface area is 278 Å². The van der Waals surface area contributed by atoms with E-state index in [2.05, 4.69) is 5.32 Å². The molecule has 1 heterocycles. The maximum absolute atomic E-state index is 15.9. The van der Waals surface area contributed by atoms with Gasteiger partial charge in [-0.05, 0) is 118 Å². The third kappa shape index (κ3) is 9.52. The lowest BCUT2D eigenvalue weighted by Crippen LogP contribution is -2.41. The summed E-state index contributed by atoms with van der Waals surface area (Å²) in [7, 11) is 3.41. The van der Waals surface area contributed by atoms with E-state index in [1.807, 2.05) is 0 Å². The van der Waals surface area contributed by atoms with E-state index in [4.69, 9.17) is 4.74 Å². The quantitative estimate of drug-likeness (QED) is 0.153. The molecule has 0 aliphatic carbocycles. The normalized spacial score (nSPS) is 13.1. The Hall–Kier alpha value is -4.06. The topological polar surface area (TPSA) is 80.6 Å². The van der Waals surface area contributed by atoms with Gasteiger partial charge in [-0.1, -0.05) is 13.8 Å². The first-order valence-electron chi connectivity index (χ1n) is 15.8. The van der Waals surface area contributed by atoms with Gasteiger partial charge >= 0.3 is 12.1 Å². The van der Waals surface area contributed by atoms with E-state index in [0.29, 0.717) is 28.3 Å². The molecule has 0 aliphatic heterocycles.